The Bertz CT molecular complexity index is 1430. The summed E-state index contributed by atoms with van der Waals surface area (Å²) in [6.45, 7) is 0. The third kappa shape index (κ3) is 2.94. The van der Waals surface area contributed by atoms with Gasteiger partial charge < -0.3 is 0 Å². The van der Waals surface area contributed by atoms with E-state index in [-0.39, 0.29) is 11.2 Å². The van der Waals surface area contributed by atoms with Crippen molar-refractivity contribution >= 4 is 27.5 Å². The summed E-state index contributed by atoms with van der Waals surface area (Å²) in [5.74, 6) is -4.04. The first kappa shape index (κ1) is 18.4. The van der Waals surface area contributed by atoms with E-state index in [1.54, 1.807) is 36.5 Å². The predicted octanol–water partition coefficient (Wildman–Crippen LogP) is 2.82. The van der Waals surface area contributed by atoms with Gasteiger partial charge in [0.25, 0.3) is 0 Å². The lowest BCUT2D eigenvalue weighted by molar-refractivity contribution is 0.0307. The fourth-order valence-corrected chi connectivity index (χ4v) is 3.56. The standard InChI is InChI=1S/C19H13F2N7OS/c1-30(29)27-11-13(10-23-27)16-6-7-17-24-25-18(28(17)26-16)19(20,21)14-4-5-15-12(9-14)3-2-8-22-15/h2-11H,1H3. The molecule has 4 heterocycles. The number of rotatable bonds is 4. The summed E-state index contributed by atoms with van der Waals surface area (Å²) in [4.78, 5) is 4.16. The minimum atomic E-state index is -3.44. The molecule has 0 N–H and O–H groups in total. The number of nitrogens with zero attached hydrogens (tertiary/aromatic N) is 7. The molecule has 0 bridgehead atoms. The van der Waals surface area contributed by atoms with E-state index in [0.29, 0.717) is 22.2 Å². The first-order valence-corrected chi connectivity index (χ1v) is 10.3. The van der Waals surface area contributed by atoms with Crippen molar-refractivity contribution < 1.29 is 13.0 Å². The van der Waals surface area contributed by atoms with Gasteiger partial charge in [-0.1, -0.05) is 12.1 Å². The Labute approximate surface area is 170 Å². The number of fused-ring (bicyclic) bond motifs is 2. The Morgan fingerprint density at radius 1 is 1.10 bits per heavy atom. The molecule has 0 spiro atoms. The number of hydrogen-bond donors (Lipinski definition) is 0. The van der Waals surface area contributed by atoms with E-state index < -0.39 is 22.7 Å². The fraction of sp³-hybridized carbons (Fsp3) is 0.105. The van der Waals surface area contributed by atoms with Crippen molar-refractivity contribution in [1.29, 1.82) is 0 Å². The van der Waals surface area contributed by atoms with Gasteiger partial charge in [0.2, 0.25) is 5.82 Å². The first-order chi connectivity index (χ1) is 14.4. The van der Waals surface area contributed by atoms with Crippen molar-refractivity contribution in [2.45, 2.75) is 5.92 Å². The molecule has 0 saturated heterocycles. The molecule has 0 aliphatic heterocycles. The zero-order chi connectivity index (χ0) is 20.9. The average Bonchev–Trinajstić information content (AvgIpc) is 3.40. The van der Waals surface area contributed by atoms with Gasteiger partial charge in [0.05, 0.1) is 17.4 Å². The molecule has 5 aromatic rings. The fourth-order valence-electron chi connectivity index (χ4n) is 3.12. The van der Waals surface area contributed by atoms with Crippen molar-refractivity contribution in [1.82, 2.24) is 34.0 Å². The molecule has 0 aliphatic rings. The first-order valence-electron chi connectivity index (χ1n) is 8.78. The van der Waals surface area contributed by atoms with Crippen molar-refractivity contribution in [3.05, 3.63) is 72.4 Å². The number of aromatic nitrogens is 7. The van der Waals surface area contributed by atoms with Crippen LogP contribution in [0.3, 0.4) is 0 Å². The van der Waals surface area contributed by atoms with Crippen LogP contribution < -0.4 is 0 Å². The molecule has 4 aromatic heterocycles. The van der Waals surface area contributed by atoms with Crippen LogP contribution in [0.4, 0.5) is 8.78 Å². The second-order valence-corrected chi connectivity index (χ2v) is 7.77. The lowest BCUT2D eigenvalue weighted by Crippen LogP contribution is -2.20. The van der Waals surface area contributed by atoms with E-state index in [1.807, 2.05) is 0 Å². The molecule has 8 nitrogen and oxygen atoms in total. The van der Waals surface area contributed by atoms with Gasteiger partial charge in [-0.2, -0.15) is 27.6 Å². The van der Waals surface area contributed by atoms with E-state index in [4.69, 9.17) is 0 Å². The lowest BCUT2D eigenvalue weighted by Gasteiger charge is -2.15. The molecular weight excluding hydrogens is 412 g/mol. The molecule has 5 rings (SSSR count). The topological polar surface area (TPSA) is 90.9 Å². The van der Waals surface area contributed by atoms with E-state index in [2.05, 4.69) is 25.4 Å². The Morgan fingerprint density at radius 2 is 1.97 bits per heavy atom. The predicted molar refractivity (Wildman–Crippen MR) is 106 cm³/mol. The molecule has 1 atom stereocenters. The highest BCUT2D eigenvalue weighted by Crippen LogP contribution is 2.35. The molecule has 0 aliphatic carbocycles. The Morgan fingerprint density at radius 3 is 2.77 bits per heavy atom. The number of benzene rings is 1. The third-order valence-electron chi connectivity index (χ3n) is 4.63. The van der Waals surface area contributed by atoms with Crippen LogP contribution in [0.1, 0.15) is 11.4 Å². The minimum absolute atomic E-state index is 0.183. The molecule has 11 heteroatoms. The number of alkyl halides is 2. The van der Waals surface area contributed by atoms with Gasteiger partial charge in [0.15, 0.2) is 5.65 Å². The van der Waals surface area contributed by atoms with Crippen LogP contribution in [0.5, 0.6) is 0 Å². The molecule has 1 unspecified atom stereocenters. The van der Waals surface area contributed by atoms with Gasteiger partial charge in [-0.25, -0.2) is 4.21 Å². The molecule has 1 aromatic carbocycles. The zero-order valence-electron chi connectivity index (χ0n) is 15.5. The number of pyridine rings is 1. The summed E-state index contributed by atoms with van der Waals surface area (Å²) in [6, 6.07) is 10.8. The normalized spacial score (nSPS) is 13.2. The highest BCUT2D eigenvalue weighted by Gasteiger charge is 2.40. The van der Waals surface area contributed by atoms with Crippen molar-refractivity contribution in [2.24, 2.45) is 0 Å². The Balaban J connectivity index is 1.62. The van der Waals surface area contributed by atoms with Gasteiger partial charge in [-0.15, -0.1) is 10.2 Å². The van der Waals surface area contributed by atoms with E-state index in [9.17, 15) is 4.21 Å². The van der Waals surface area contributed by atoms with Crippen molar-refractivity contribution in [3.63, 3.8) is 0 Å². The Kier molecular flexibility index (Phi) is 4.13. The van der Waals surface area contributed by atoms with Crippen LogP contribution >= 0.6 is 0 Å². The summed E-state index contributed by atoms with van der Waals surface area (Å²) >= 11 is 0. The maximum absolute atomic E-state index is 15.4. The van der Waals surface area contributed by atoms with Crippen molar-refractivity contribution in [2.75, 3.05) is 6.26 Å². The highest BCUT2D eigenvalue weighted by atomic mass is 32.2. The van der Waals surface area contributed by atoms with Crippen molar-refractivity contribution in [3.8, 4) is 11.3 Å². The molecule has 0 radical (unpaired) electrons. The van der Waals surface area contributed by atoms with Crippen LogP contribution in [0.2, 0.25) is 0 Å². The van der Waals surface area contributed by atoms with Gasteiger partial charge in [-0.05, 0) is 30.3 Å². The van der Waals surface area contributed by atoms with Gasteiger partial charge in [0.1, 0.15) is 11.0 Å². The SMILES string of the molecule is CS(=O)n1cc(-c2ccc3nnc(C(F)(F)c4ccc5ncccc5c4)n3n2)cn1. The molecular formula is C19H13F2N7OS. The Hall–Kier alpha value is -3.60. The number of halogens is 2. The second-order valence-electron chi connectivity index (χ2n) is 6.55. The molecule has 150 valence electrons. The van der Waals surface area contributed by atoms with E-state index in [0.717, 1.165) is 4.52 Å². The van der Waals surface area contributed by atoms with Crippen LogP contribution in [0.25, 0.3) is 27.8 Å². The summed E-state index contributed by atoms with van der Waals surface area (Å²) in [5, 5.41) is 16.4. The largest absolute Gasteiger partial charge is 0.333 e. The van der Waals surface area contributed by atoms with Crippen LogP contribution in [0.15, 0.2) is 61.1 Å². The smallest absolute Gasteiger partial charge is 0.256 e. The van der Waals surface area contributed by atoms with Gasteiger partial charge in [0, 0.05) is 35.2 Å². The van der Waals surface area contributed by atoms with Gasteiger partial charge in [-0.3, -0.25) is 4.98 Å². The quantitative estimate of drug-likeness (QED) is 0.440. The number of hydrogen-bond acceptors (Lipinski definition) is 6. The lowest BCUT2D eigenvalue weighted by atomic mass is 10.0. The molecule has 0 fully saturated rings. The second kappa shape index (κ2) is 6.73. The van der Waals surface area contributed by atoms with E-state index in [1.165, 1.54) is 34.9 Å². The van der Waals surface area contributed by atoms with E-state index >= 15 is 8.78 Å². The highest BCUT2D eigenvalue weighted by molar-refractivity contribution is 7.82. The summed E-state index contributed by atoms with van der Waals surface area (Å²) in [6.07, 6.45) is 6.08. The average molecular weight is 425 g/mol. The van der Waals surface area contributed by atoms with Crippen LogP contribution in [-0.4, -0.2) is 44.4 Å². The van der Waals surface area contributed by atoms with Gasteiger partial charge >= 0.3 is 5.92 Å². The summed E-state index contributed by atoms with van der Waals surface area (Å²) < 4.78 is 44.6. The maximum atomic E-state index is 15.4. The molecule has 30 heavy (non-hydrogen) atoms. The maximum Gasteiger partial charge on any atom is 0.333 e. The van der Waals surface area contributed by atoms with Crippen LogP contribution in [-0.2, 0) is 16.9 Å². The zero-order valence-corrected chi connectivity index (χ0v) is 16.3. The third-order valence-corrected chi connectivity index (χ3v) is 5.36. The minimum Gasteiger partial charge on any atom is -0.256 e. The molecule has 0 amide bonds. The molecule has 0 saturated carbocycles. The van der Waals surface area contributed by atoms with Crippen LogP contribution in [0, 0.1) is 0 Å². The summed E-state index contributed by atoms with van der Waals surface area (Å²) in [5.41, 5.74) is 1.47. The summed E-state index contributed by atoms with van der Waals surface area (Å²) in [7, 11) is -1.34. The monoisotopic (exact) mass is 425 g/mol.